The van der Waals surface area contributed by atoms with Crippen LogP contribution in [0.2, 0.25) is 0 Å². The molecule has 0 N–H and O–H groups in total. The van der Waals surface area contributed by atoms with Crippen LogP contribution in [0.15, 0.2) is 29.2 Å². The molecule has 1 unspecified atom stereocenters. The van der Waals surface area contributed by atoms with Crippen LogP contribution in [-0.2, 0) is 14.8 Å². The largest absolute Gasteiger partial charge is 0.379 e. The normalized spacial score (nSPS) is 27.7. The van der Waals surface area contributed by atoms with Crippen molar-refractivity contribution in [1.29, 1.82) is 0 Å². The second-order valence-corrected chi connectivity index (χ2v) is 8.21. The van der Waals surface area contributed by atoms with Crippen molar-refractivity contribution >= 4 is 17.9 Å². The Hall–Kier alpha value is -0.845. The lowest BCUT2D eigenvalue weighted by molar-refractivity contribution is 0.0143. The number of rotatable bonds is 4. The third kappa shape index (κ3) is 3.17. The first-order valence-corrected chi connectivity index (χ1v) is 9.10. The molecular formula is C15H22BNO3S. The zero-order chi connectivity index (χ0) is 15.0. The van der Waals surface area contributed by atoms with Crippen LogP contribution >= 0.6 is 0 Å². The first-order chi connectivity index (χ1) is 9.98. The van der Waals surface area contributed by atoms with Gasteiger partial charge in [-0.2, -0.15) is 4.31 Å². The van der Waals surface area contributed by atoms with Crippen LogP contribution in [-0.4, -0.2) is 45.8 Å². The molecule has 2 aliphatic rings. The first-order valence-electron chi connectivity index (χ1n) is 7.66. The molecule has 4 nitrogen and oxygen atoms in total. The summed E-state index contributed by atoms with van der Waals surface area (Å²) in [6, 6.07) is 7.11. The SMILES string of the molecule is BC1COC[C@@H](CC2CC2)N1S(=O)(=O)c1ccc(C)cc1. The Morgan fingerprint density at radius 1 is 1.24 bits per heavy atom. The number of hydrogen-bond acceptors (Lipinski definition) is 3. The Morgan fingerprint density at radius 2 is 1.90 bits per heavy atom. The molecule has 6 heteroatoms. The molecule has 2 atom stereocenters. The highest BCUT2D eigenvalue weighted by Gasteiger charge is 2.40. The van der Waals surface area contributed by atoms with Gasteiger partial charge in [0, 0.05) is 12.0 Å². The Morgan fingerprint density at radius 3 is 2.52 bits per heavy atom. The Balaban J connectivity index is 1.90. The van der Waals surface area contributed by atoms with Crippen molar-refractivity contribution in [3.8, 4) is 0 Å². The van der Waals surface area contributed by atoms with Crippen molar-refractivity contribution in [2.24, 2.45) is 5.92 Å². The van der Waals surface area contributed by atoms with Gasteiger partial charge in [-0.15, -0.1) is 0 Å². The van der Waals surface area contributed by atoms with Crippen molar-refractivity contribution in [2.45, 2.75) is 43.1 Å². The molecule has 114 valence electrons. The van der Waals surface area contributed by atoms with Gasteiger partial charge in [-0.25, -0.2) is 8.42 Å². The molecule has 2 fully saturated rings. The fourth-order valence-corrected chi connectivity index (χ4v) is 4.85. The van der Waals surface area contributed by atoms with E-state index in [9.17, 15) is 8.42 Å². The summed E-state index contributed by atoms with van der Waals surface area (Å²) in [5.41, 5.74) is 1.07. The van der Waals surface area contributed by atoms with E-state index in [1.807, 2.05) is 26.9 Å². The van der Waals surface area contributed by atoms with Crippen LogP contribution in [0, 0.1) is 12.8 Å². The van der Waals surface area contributed by atoms with Gasteiger partial charge in [-0.1, -0.05) is 30.5 Å². The van der Waals surface area contributed by atoms with Crippen LogP contribution in [0.1, 0.15) is 24.8 Å². The standard InChI is InChI=1S/C15H22BNO3S/c1-11-2-6-14(7-3-11)21(18,19)17-13(8-12-4-5-12)9-20-10-15(17)16/h2-3,6-7,12-13,15H,4-5,8-10,16H2,1H3/t13-,15?/m1/s1. The van der Waals surface area contributed by atoms with E-state index in [0.29, 0.717) is 24.0 Å². The lowest BCUT2D eigenvalue weighted by atomic mass is 9.94. The number of benzene rings is 1. The van der Waals surface area contributed by atoms with Crippen LogP contribution in [0.3, 0.4) is 0 Å². The number of aryl methyl sites for hydroxylation is 1. The van der Waals surface area contributed by atoms with Crippen LogP contribution in [0.5, 0.6) is 0 Å². The van der Waals surface area contributed by atoms with E-state index in [-0.39, 0.29) is 12.0 Å². The molecule has 1 aromatic carbocycles. The highest BCUT2D eigenvalue weighted by molar-refractivity contribution is 7.89. The summed E-state index contributed by atoms with van der Waals surface area (Å²) in [4.78, 5) is 0.391. The fraction of sp³-hybridized carbons (Fsp3) is 0.600. The molecule has 0 spiro atoms. The molecule has 0 radical (unpaired) electrons. The maximum absolute atomic E-state index is 13.0. The summed E-state index contributed by atoms with van der Waals surface area (Å²) in [5.74, 6) is 0.577. The van der Waals surface area contributed by atoms with Gasteiger partial charge in [0.1, 0.15) is 7.85 Å². The first kappa shape index (κ1) is 15.1. The van der Waals surface area contributed by atoms with E-state index < -0.39 is 10.0 Å². The highest BCUT2D eigenvalue weighted by Crippen LogP contribution is 2.37. The number of hydrogen-bond donors (Lipinski definition) is 0. The van der Waals surface area contributed by atoms with Gasteiger partial charge in [0.05, 0.1) is 18.1 Å². The van der Waals surface area contributed by atoms with E-state index in [2.05, 4.69) is 0 Å². The number of morpholine rings is 1. The third-order valence-corrected chi connectivity index (χ3v) is 6.44. The monoisotopic (exact) mass is 307 g/mol. The predicted octanol–water partition coefficient (Wildman–Crippen LogP) is 1.14. The van der Waals surface area contributed by atoms with E-state index >= 15 is 0 Å². The zero-order valence-electron chi connectivity index (χ0n) is 12.7. The fourth-order valence-electron chi connectivity index (χ4n) is 3.06. The summed E-state index contributed by atoms with van der Waals surface area (Å²) in [5, 5.41) is 0. The minimum atomic E-state index is -3.44. The van der Waals surface area contributed by atoms with Gasteiger partial charge in [0.15, 0.2) is 0 Å². The third-order valence-electron chi connectivity index (χ3n) is 4.36. The van der Waals surface area contributed by atoms with Crippen molar-refractivity contribution in [3.63, 3.8) is 0 Å². The molecule has 21 heavy (non-hydrogen) atoms. The summed E-state index contributed by atoms with van der Waals surface area (Å²) in [6.45, 7) is 2.96. The van der Waals surface area contributed by atoms with Crippen molar-refractivity contribution in [3.05, 3.63) is 29.8 Å². The van der Waals surface area contributed by atoms with E-state index in [4.69, 9.17) is 4.74 Å². The molecule has 1 aromatic rings. The second kappa shape index (κ2) is 5.74. The molecule has 0 bridgehead atoms. The molecule has 1 aliphatic carbocycles. The minimum Gasteiger partial charge on any atom is -0.379 e. The van der Waals surface area contributed by atoms with Gasteiger partial charge < -0.3 is 4.74 Å². The van der Waals surface area contributed by atoms with Crippen LogP contribution < -0.4 is 0 Å². The molecule has 1 heterocycles. The zero-order valence-corrected chi connectivity index (χ0v) is 13.5. The maximum Gasteiger partial charge on any atom is 0.243 e. The van der Waals surface area contributed by atoms with Gasteiger partial charge in [-0.3, -0.25) is 0 Å². The van der Waals surface area contributed by atoms with Crippen molar-refractivity contribution in [1.82, 2.24) is 4.31 Å². The summed E-state index contributed by atoms with van der Waals surface area (Å²) < 4.78 is 33.3. The number of sulfonamides is 1. The Bertz CT molecular complexity index is 598. The average Bonchev–Trinajstić information content (AvgIpc) is 3.23. The highest BCUT2D eigenvalue weighted by atomic mass is 32.2. The average molecular weight is 307 g/mol. The quantitative estimate of drug-likeness (QED) is 0.784. The van der Waals surface area contributed by atoms with Crippen LogP contribution in [0.25, 0.3) is 0 Å². The predicted molar refractivity (Wildman–Crippen MR) is 84.5 cm³/mol. The minimum absolute atomic E-state index is 0.0208. The second-order valence-electron chi connectivity index (χ2n) is 6.37. The van der Waals surface area contributed by atoms with E-state index in [0.717, 1.165) is 12.0 Å². The summed E-state index contributed by atoms with van der Waals surface area (Å²) in [7, 11) is -1.51. The summed E-state index contributed by atoms with van der Waals surface area (Å²) in [6.07, 6.45) is 3.38. The molecule has 3 rings (SSSR count). The molecule has 1 saturated heterocycles. The van der Waals surface area contributed by atoms with E-state index in [1.54, 1.807) is 16.4 Å². The molecule has 1 saturated carbocycles. The van der Waals surface area contributed by atoms with Crippen molar-refractivity contribution in [2.75, 3.05) is 13.2 Å². The molecule has 0 amide bonds. The number of nitrogens with zero attached hydrogens (tertiary/aromatic N) is 1. The van der Waals surface area contributed by atoms with E-state index in [1.165, 1.54) is 12.8 Å². The molecule has 1 aliphatic heterocycles. The Kier molecular flexibility index (Phi) is 4.12. The van der Waals surface area contributed by atoms with Gasteiger partial charge in [0.25, 0.3) is 0 Å². The Labute approximate surface area is 127 Å². The molecule has 0 aromatic heterocycles. The molecular weight excluding hydrogens is 285 g/mol. The maximum atomic E-state index is 13.0. The van der Waals surface area contributed by atoms with Gasteiger partial charge in [-0.05, 0) is 31.4 Å². The van der Waals surface area contributed by atoms with Gasteiger partial charge >= 0.3 is 0 Å². The smallest absolute Gasteiger partial charge is 0.243 e. The summed E-state index contributed by atoms with van der Waals surface area (Å²) >= 11 is 0. The lowest BCUT2D eigenvalue weighted by Gasteiger charge is -2.39. The topological polar surface area (TPSA) is 46.6 Å². The van der Waals surface area contributed by atoms with Gasteiger partial charge in [0.2, 0.25) is 10.0 Å². The lowest BCUT2D eigenvalue weighted by Crippen LogP contribution is -2.55. The number of ether oxygens (including phenoxy) is 1. The van der Waals surface area contributed by atoms with Crippen molar-refractivity contribution < 1.29 is 13.2 Å². The van der Waals surface area contributed by atoms with Crippen LogP contribution in [0.4, 0.5) is 0 Å².